The molecule has 1 aromatic carbocycles. The first kappa shape index (κ1) is 15.1. The summed E-state index contributed by atoms with van der Waals surface area (Å²) in [5, 5.41) is 0.576. The summed E-state index contributed by atoms with van der Waals surface area (Å²) in [4.78, 5) is 30.3. The van der Waals surface area contributed by atoms with Crippen LogP contribution in [0.3, 0.4) is 0 Å². The van der Waals surface area contributed by atoms with E-state index in [0.29, 0.717) is 16.4 Å². The maximum Gasteiger partial charge on any atom is 0.281 e. The minimum absolute atomic E-state index is 0.253. The Morgan fingerprint density at radius 1 is 1.05 bits per heavy atom. The van der Waals surface area contributed by atoms with Crippen LogP contribution in [-0.4, -0.2) is 54.3 Å². The Bertz CT molecular complexity index is 619. The van der Waals surface area contributed by atoms with Crippen molar-refractivity contribution in [2.75, 3.05) is 37.6 Å². The number of hydrogen-bond acceptors (Lipinski definition) is 4. The van der Waals surface area contributed by atoms with Gasteiger partial charge in [-0.2, -0.15) is 0 Å². The van der Waals surface area contributed by atoms with E-state index in [0.717, 1.165) is 32.7 Å². The number of halogens is 1. The summed E-state index contributed by atoms with van der Waals surface area (Å²) in [6.07, 6.45) is 1.44. The number of anilines is 1. The maximum atomic E-state index is 12.6. The summed E-state index contributed by atoms with van der Waals surface area (Å²) in [6.45, 7) is 6.50. The lowest BCUT2D eigenvalue weighted by Crippen LogP contribution is -2.47. The Morgan fingerprint density at radius 3 is 2.27 bits per heavy atom. The Hall–Kier alpha value is -1.85. The molecule has 3 rings (SSSR count). The summed E-state index contributed by atoms with van der Waals surface area (Å²) in [5.74, 6) is -0.544. The van der Waals surface area contributed by atoms with Crippen LogP contribution in [0.15, 0.2) is 36.0 Å². The predicted molar refractivity (Wildman–Crippen MR) is 85.7 cm³/mol. The highest BCUT2D eigenvalue weighted by atomic mass is 35.5. The fraction of sp³-hybridized carbons (Fsp3) is 0.375. The molecule has 0 atom stereocenters. The highest BCUT2D eigenvalue weighted by molar-refractivity contribution is 6.32. The van der Waals surface area contributed by atoms with Gasteiger partial charge in [0.2, 0.25) is 0 Å². The van der Waals surface area contributed by atoms with Crippen molar-refractivity contribution in [1.29, 1.82) is 0 Å². The fourth-order valence-electron chi connectivity index (χ4n) is 2.82. The maximum absolute atomic E-state index is 12.6. The first-order valence-electron chi connectivity index (χ1n) is 7.43. The van der Waals surface area contributed by atoms with Crippen LogP contribution in [0.25, 0.3) is 0 Å². The molecule has 2 aliphatic rings. The van der Waals surface area contributed by atoms with Gasteiger partial charge < -0.3 is 9.80 Å². The second-order valence-electron chi connectivity index (χ2n) is 5.41. The van der Waals surface area contributed by atoms with Crippen molar-refractivity contribution >= 4 is 29.1 Å². The monoisotopic (exact) mass is 319 g/mol. The number of carbonyl (C=O) groups is 2. The number of likely N-dealkylation sites (N-methyl/N-ethyl adjacent to an activating group) is 1. The van der Waals surface area contributed by atoms with Gasteiger partial charge in [-0.15, -0.1) is 0 Å². The van der Waals surface area contributed by atoms with Crippen LogP contribution in [0.1, 0.15) is 6.92 Å². The number of imide groups is 1. The normalized spacial score (nSPS) is 19.8. The number of piperazine rings is 1. The molecule has 5 nitrogen and oxygen atoms in total. The van der Waals surface area contributed by atoms with Gasteiger partial charge >= 0.3 is 0 Å². The molecule has 0 aromatic heterocycles. The van der Waals surface area contributed by atoms with E-state index in [1.54, 1.807) is 24.3 Å². The summed E-state index contributed by atoms with van der Waals surface area (Å²) in [7, 11) is 0. The van der Waals surface area contributed by atoms with E-state index in [1.807, 2.05) is 4.90 Å². The van der Waals surface area contributed by atoms with Gasteiger partial charge in [-0.3, -0.25) is 9.59 Å². The van der Waals surface area contributed by atoms with Crippen LogP contribution in [0, 0.1) is 0 Å². The molecule has 0 aliphatic carbocycles. The van der Waals surface area contributed by atoms with Gasteiger partial charge in [0, 0.05) is 37.3 Å². The molecule has 0 bridgehead atoms. The molecule has 0 spiro atoms. The molecule has 6 heteroatoms. The zero-order chi connectivity index (χ0) is 15.7. The van der Waals surface area contributed by atoms with Crippen molar-refractivity contribution in [1.82, 2.24) is 9.80 Å². The van der Waals surface area contributed by atoms with Crippen molar-refractivity contribution in [3.05, 3.63) is 41.1 Å². The quantitative estimate of drug-likeness (QED) is 0.796. The van der Waals surface area contributed by atoms with Crippen LogP contribution >= 0.6 is 11.6 Å². The lowest BCUT2D eigenvalue weighted by molar-refractivity contribution is -0.121. The first-order valence-corrected chi connectivity index (χ1v) is 7.81. The highest BCUT2D eigenvalue weighted by Gasteiger charge is 2.36. The number of amides is 2. The van der Waals surface area contributed by atoms with Crippen LogP contribution in [-0.2, 0) is 9.59 Å². The third kappa shape index (κ3) is 2.74. The lowest BCUT2D eigenvalue weighted by Gasteiger charge is -2.35. The number of benzene rings is 1. The van der Waals surface area contributed by atoms with Crippen LogP contribution in [0.2, 0.25) is 5.02 Å². The Labute approximate surface area is 134 Å². The highest BCUT2D eigenvalue weighted by Crippen LogP contribution is 2.26. The molecule has 2 heterocycles. The molecular weight excluding hydrogens is 302 g/mol. The van der Waals surface area contributed by atoms with Gasteiger partial charge in [-0.25, -0.2) is 4.90 Å². The molecule has 0 saturated carbocycles. The van der Waals surface area contributed by atoms with Crippen LogP contribution in [0.4, 0.5) is 5.69 Å². The molecule has 0 unspecified atom stereocenters. The summed E-state index contributed by atoms with van der Waals surface area (Å²) < 4.78 is 0. The third-order valence-electron chi connectivity index (χ3n) is 4.15. The first-order chi connectivity index (χ1) is 10.6. The Morgan fingerprint density at radius 2 is 1.68 bits per heavy atom. The van der Waals surface area contributed by atoms with Crippen LogP contribution < -0.4 is 4.90 Å². The third-order valence-corrected chi connectivity index (χ3v) is 4.40. The molecule has 2 amide bonds. The standard InChI is InChI=1S/C16H18ClN3O2/c1-2-18-7-9-19(10-8-18)14-11-15(21)20(16(14)22)13-5-3-12(17)4-6-13/h3-6,11H,2,7-10H2,1H3. The van der Waals surface area contributed by atoms with Gasteiger partial charge in [0.05, 0.1) is 5.69 Å². The Balaban J connectivity index is 1.76. The molecule has 0 radical (unpaired) electrons. The topological polar surface area (TPSA) is 43.9 Å². The van der Waals surface area contributed by atoms with Gasteiger partial charge in [-0.1, -0.05) is 18.5 Å². The Kier molecular flexibility index (Phi) is 4.18. The molecule has 0 N–H and O–H groups in total. The van der Waals surface area contributed by atoms with E-state index in [-0.39, 0.29) is 11.8 Å². The molecule has 2 aliphatic heterocycles. The van der Waals surface area contributed by atoms with Crippen molar-refractivity contribution in [3.8, 4) is 0 Å². The minimum Gasteiger partial charge on any atom is -0.364 e. The van der Waals surface area contributed by atoms with Gasteiger partial charge in [0.1, 0.15) is 5.70 Å². The minimum atomic E-state index is -0.291. The average molecular weight is 320 g/mol. The van der Waals surface area contributed by atoms with Crippen molar-refractivity contribution in [2.24, 2.45) is 0 Å². The molecular formula is C16H18ClN3O2. The average Bonchev–Trinajstić information content (AvgIpc) is 2.83. The second-order valence-corrected chi connectivity index (χ2v) is 5.84. The van der Waals surface area contributed by atoms with Gasteiger partial charge in [0.25, 0.3) is 11.8 Å². The number of nitrogens with zero attached hydrogens (tertiary/aromatic N) is 3. The van der Waals surface area contributed by atoms with E-state index < -0.39 is 0 Å². The van der Waals surface area contributed by atoms with Gasteiger partial charge in [0.15, 0.2) is 0 Å². The molecule has 1 saturated heterocycles. The van der Waals surface area contributed by atoms with Gasteiger partial charge in [-0.05, 0) is 30.8 Å². The summed E-state index contributed by atoms with van der Waals surface area (Å²) >= 11 is 5.85. The number of rotatable bonds is 3. The second kappa shape index (κ2) is 6.10. The van der Waals surface area contributed by atoms with Crippen molar-refractivity contribution in [2.45, 2.75) is 6.92 Å². The summed E-state index contributed by atoms with van der Waals surface area (Å²) in [6, 6.07) is 6.72. The lowest BCUT2D eigenvalue weighted by atomic mass is 10.2. The van der Waals surface area contributed by atoms with Crippen LogP contribution in [0.5, 0.6) is 0 Å². The molecule has 22 heavy (non-hydrogen) atoms. The SMILES string of the molecule is CCN1CCN(C2=CC(=O)N(c3ccc(Cl)cc3)C2=O)CC1. The van der Waals surface area contributed by atoms with E-state index in [9.17, 15) is 9.59 Å². The van der Waals surface area contributed by atoms with Crippen molar-refractivity contribution < 1.29 is 9.59 Å². The van der Waals surface area contributed by atoms with E-state index in [1.165, 1.54) is 11.0 Å². The zero-order valence-electron chi connectivity index (χ0n) is 12.5. The van der Waals surface area contributed by atoms with Crippen molar-refractivity contribution in [3.63, 3.8) is 0 Å². The molecule has 116 valence electrons. The number of carbonyl (C=O) groups excluding carboxylic acids is 2. The fourth-order valence-corrected chi connectivity index (χ4v) is 2.95. The summed E-state index contributed by atoms with van der Waals surface area (Å²) in [5.41, 5.74) is 1.05. The largest absolute Gasteiger partial charge is 0.364 e. The number of hydrogen-bond donors (Lipinski definition) is 0. The zero-order valence-corrected chi connectivity index (χ0v) is 13.2. The smallest absolute Gasteiger partial charge is 0.281 e. The van der Waals surface area contributed by atoms with E-state index >= 15 is 0 Å². The van der Waals surface area contributed by atoms with E-state index in [4.69, 9.17) is 11.6 Å². The predicted octanol–water partition coefficient (Wildman–Crippen LogP) is 1.73. The molecule has 1 aromatic rings. The molecule has 1 fully saturated rings. The van der Waals surface area contributed by atoms with E-state index in [2.05, 4.69) is 11.8 Å².